The fourth-order valence-electron chi connectivity index (χ4n) is 4.59. The molecule has 2 bridgehead atoms. The van der Waals surface area contributed by atoms with Crippen molar-refractivity contribution < 1.29 is 0 Å². The van der Waals surface area contributed by atoms with Gasteiger partial charge in [0.2, 0.25) is 0 Å². The molecule has 4 rings (SSSR count). The van der Waals surface area contributed by atoms with Crippen molar-refractivity contribution in [1.29, 1.82) is 0 Å². The molecule has 1 aliphatic carbocycles. The number of fused-ring (bicyclic) bond motifs is 1. The molecule has 0 N–H and O–H groups in total. The smallest absolute Gasteiger partial charge is 0.0686 e. The van der Waals surface area contributed by atoms with E-state index in [9.17, 15) is 0 Å². The van der Waals surface area contributed by atoms with Crippen LogP contribution >= 0.6 is 0 Å². The zero-order valence-electron chi connectivity index (χ0n) is 14.1. The number of benzene rings is 2. The number of aryl methyl sites for hydroxylation is 1. The summed E-state index contributed by atoms with van der Waals surface area (Å²) in [6.07, 6.45) is 3.57. The van der Waals surface area contributed by atoms with Gasteiger partial charge in [0, 0.05) is 0 Å². The molecule has 0 nitrogen and oxygen atoms in total. The molecule has 0 spiro atoms. The van der Waals surface area contributed by atoms with Crippen molar-refractivity contribution in [2.24, 2.45) is 0 Å². The lowest BCUT2D eigenvalue weighted by Crippen LogP contribution is -2.39. The Bertz CT molecular complexity index is 791. The van der Waals surface area contributed by atoms with Crippen LogP contribution in [0, 0.1) is 0 Å². The lowest BCUT2D eigenvalue weighted by Gasteiger charge is -2.20. The minimum absolute atomic E-state index is 1.17. The second kappa shape index (κ2) is 4.69. The summed E-state index contributed by atoms with van der Waals surface area (Å²) in [5, 5.41) is 3.37. The van der Waals surface area contributed by atoms with E-state index in [-0.39, 0.29) is 0 Å². The first-order valence-electron chi connectivity index (χ1n) is 8.50. The van der Waals surface area contributed by atoms with Gasteiger partial charge in [0.25, 0.3) is 0 Å². The second-order valence-electron chi connectivity index (χ2n) is 7.43. The molecule has 1 heteroatoms. The second-order valence-corrected chi connectivity index (χ2v) is 11.7. The molecule has 2 aliphatic rings. The molecule has 0 fully saturated rings. The van der Waals surface area contributed by atoms with E-state index >= 15 is 0 Å². The van der Waals surface area contributed by atoms with Gasteiger partial charge in [0.1, 0.15) is 8.07 Å². The molecule has 22 heavy (non-hydrogen) atoms. The van der Waals surface area contributed by atoms with Gasteiger partial charge in [0.05, 0.1) is 0 Å². The van der Waals surface area contributed by atoms with E-state index in [1.54, 1.807) is 32.6 Å². The molecule has 0 saturated heterocycles. The monoisotopic (exact) mass is 304 g/mol. The van der Waals surface area contributed by atoms with Crippen molar-refractivity contribution in [2.45, 2.75) is 46.2 Å². The summed E-state index contributed by atoms with van der Waals surface area (Å²) in [5.74, 6) is 0. The molecule has 112 valence electrons. The first-order chi connectivity index (χ1) is 10.5. The summed E-state index contributed by atoms with van der Waals surface area (Å²) in [6.45, 7) is 9.65. The molecule has 0 saturated carbocycles. The number of hydrogen-bond acceptors (Lipinski definition) is 0. The van der Waals surface area contributed by atoms with Crippen LogP contribution in [0.2, 0.25) is 13.1 Å². The minimum atomic E-state index is -1.48. The van der Waals surface area contributed by atoms with Gasteiger partial charge < -0.3 is 0 Å². The van der Waals surface area contributed by atoms with Crippen molar-refractivity contribution in [2.75, 3.05) is 0 Å². The van der Waals surface area contributed by atoms with E-state index in [1.807, 2.05) is 0 Å². The Kier molecular flexibility index (Phi) is 2.99. The van der Waals surface area contributed by atoms with E-state index in [2.05, 4.69) is 63.3 Å². The van der Waals surface area contributed by atoms with Crippen LogP contribution < -0.4 is 5.19 Å². The van der Waals surface area contributed by atoms with Gasteiger partial charge in [-0.25, -0.2) is 0 Å². The number of hydrogen-bond donors (Lipinski definition) is 0. The summed E-state index contributed by atoms with van der Waals surface area (Å²) >= 11 is 0. The van der Waals surface area contributed by atoms with Gasteiger partial charge >= 0.3 is 0 Å². The predicted octanol–water partition coefficient (Wildman–Crippen LogP) is 5.10. The quantitative estimate of drug-likeness (QED) is 0.692. The van der Waals surface area contributed by atoms with Gasteiger partial charge in [-0.05, 0) is 58.0 Å². The zero-order chi connectivity index (χ0) is 15.5. The molecule has 0 radical (unpaired) electrons. The lowest BCUT2D eigenvalue weighted by atomic mass is 9.96. The molecule has 2 aromatic carbocycles. The van der Waals surface area contributed by atoms with E-state index in [0.717, 1.165) is 0 Å². The molecular weight excluding hydrogens is 280 g/mol. The Morgan fingerprint density at radius 3 is 2.36 bits per heavy atom. The van der Waals surface area contributed by atoms with Crippen LogP contribution in [0.25, 0.3) is 16.3 Å². The van der Waals surface area contributed by atoms with Crippen molar-refractivity contribution in [3.05, 3.63) is 58.7 Å². The van der Waals surface area contributed by atoms with Crippen molar-refractivity contribution in [1.82, 2.24) is 0 Å². The average molecular weight is 305 g/mol. The minimum Gasteiger partial charge on any atom is -0.0686 e. The fraction of sp³-hybridized carbons (Fsp3) is 0.333. The third-order valence-electron chi connectivity index (χ3n) is 5.50. The highest BCUT2D eigenvalue weighted by Crippen LogP contribution is 2.48. The van der Waals surface area contributed by atoms with E-state index in [4.69, 9.17) is 0 Å². The molecule has 2 aromatic rings. The van der Waals surface area contributed by atoms with Crippen LogP contribution in [-0.2, 0) is 12.8 Å². The van der Waals surface area contributed by atoms with E-state index in [1.165, 1.54) is 30.4 Å². The number of rotatable bonds is 3. The highest BCUT2D eigenvalue weighted by atomic mass is 28.3. The van der Waals surface area contributed by atoms with Crippen LogP contribution in [0.15, 0.2) is 42.0 Å². The van der Waals surface area contributed by atoms with Crippen molar-refractivity contribution in [3.63, 3.8) is 0 Å². The fourth-order valence-corrected chi connectivity index (χ4v) is 8.32. The highest BCUT2D eigenvalue weighted by Gasteiger charge is 2.44. The topological polar surface area (TPSA) is 0 Å². The summed E-state index contributed by atoms with van der Waals surface area (Å²) < 4.78 is 0. The maximum absolute atomic E-state index is 2.53. The van der Waals surface area contributed by atoms with Crippen LogP contribution in [0.5, 0.6) is 0 Å². The SMILES string of the molecule is CCCc1ccc(-c2c3ccc4c2C(=C(C)C4)[Si]3(C)C)cc1. The average Bonchev–Trinajstić information content (AvgIpc) is 2.91. The molecule has 0 amide bonds. The van der Waals surface area contributed by atoms with Crippen LogP contribution in [0.1, 0.15) is 37.0 Å². The van der Waals surface area contributed by atoms with Crippen LogP contribution in [0.3, 0.4) is 0 Å². The summed E-state index contributed by atoms with van der Waals surface area (Å²) in [7, 11) is -1.48. The third kappa shape index (κ3) is 1.75. The summed E-state index contributed by atoms with van der Waals surface area (Å²) in [4.78, 5) is 0. The molecule has 0 unspecified atom stereocenters. The Labute approximate surface area is 134 Å². The predicted molar refractivity (Wildman–Crippen MR) is 99.3 cm³/mol. The Balaban J connectivity index is 1.92. The van der Waals surface area contributed by atoms with Crippen molar-refractivity contribution in [3.8, 4) is 11.1 Å². The number of allylic oxidation sites excluding steroid dienone is 1. The zero-order valence-corrected chi connectivity index (χ0v) is 15.1. The first kappa shape index (κ1) is 14.0. The van der Waals surface area contributed by atoms with Gasteiger partial charge in [-0.2, -0.15) is 0 Å². The summed E-state index contributed by atoms with van der Waals surface area (Å²) in [5.41, 5.74) is 9.24. The van der Waals surface area contributed by atoms with Crippen LogP contribution in [-0.4, -0.2) is 8.07 Å². The Morgan fingerprint density at radius 1 is 0.955 bits per heavy atom. The third-order valence-corrected chi connectivity index (χ3v) is 9.19. The van der Waals surface area contributed by atoms with Crippen molar-refractivity contribution >= 4 is 18.5 Å². The molecule has 0 atom stereocenters. The van der Waals surface area contributed by atoms with E-state index in [0.29, 0.717) is 0 Å². The molecular formula is C21H24Si. The van der Waals surface area contributed by atoms with Gasteiger partial charge in [0.15, 0.2) is 0 Å². The van der Waals surface area contributed by atoms with E-state index < -0.39 is 8.07 Å². The largest absolute Gasteiger partial charge is 0.113 e. The molecule has 1 aliphatic heterocycles. The molecule has 0 aromatic heterocycles. The maximum Gasteiger partial charge on any atom is 0.113 e. The lowest BCUT2D eigenvalue weighted by molar-refractivity contribution is 0.922. The molecule has 1 heterocycles. The normalized spacial score (nSPS) is 17.5. The standard InChI is InChI=1S/C21H24Si/c1-5-6-15-7-9-16(10-8-15)19-18-12-11-17-13-14(2)21(20(17)19)22(18,3)4/h7-12H,5-6,13H2,1-4H3. The first-order valence-corrected chi connectivity index (χ1v) is 11.5. The van der Waals surface area contributed by atoms with Gasteiger partial charge in [-0.15, -0.1) is 0 Å². The summed E-state index contributed by atoms with van der Waals surface area (Å²) in [6, 6.07) is 14.2. The van der Waals surface area contributed by atoms with Crippen LogP contribution in [0.4, 0.5) is 0 Å². The van der Waals surface area contributed by atoms with Gasteiger partial charge in [-0.3, -0.25) is 0 Å². The maximum atomic E-state index is 2.53. The van der Waals surface area contributed by atoms with Gasteiger partial charge in [-0.1, -0.05) is 68.4 Å². The highest BCUT2D eigenvalue weighted by molar-refractivity contribution is 7.07. The Hall–Kier alpha value is -1.60. The Morgan fingerprint density at radius 2 is 1.68 bits per heavy atom.